The first-order valence-electron chi connectivity index (χ1n) is 10.8. The third kappa shape index (κ3) is 5.56. The molecule has 0 radical (unpaired) electrons. The van der Waals surface area contributed by atoms with Gasteiger partial charge in [0.15, 0.2) is 0 Å². The zero-order valence-corrected chi connectivity index (χ0v) is 18.5. The van der Waals surface area contributed by atoms with E-state index in [4.69, 9.17) is 0 Å². The molecule has 0 unspecified atom stereocenters. The van der Waals surface area contributed by atoms with E-state index in [2.05, 4.69) is 52.7 Å². The van der Waals surface area contributed by atoms with Crippen LogP contribution < -0.4 is 10.6 Å². The fourth-order valence-corrected chi connectivity index (χ4v) is 3.61. The van der Waals surface area contributed by atoms with Crippen LogP contribution >= 0.6 is 0 Å². The van der Waals surface area contributed by atoms with Crippen molar-refractivity contribution in [2.75, 3.05) is 10.6 Å². The average Bonchev–Trinajstić information content (AvgIpc) is 2.81. The number of anilines is 2. The van der Waals surface area contributed by atoms with E-state index in [1.54, 1.807) is 0 Å². The summed E-state index contributed by atoms with van der Waals surface area (Å²) in [6.45, 7) is 4.49. The minimum Gasteiger partial charge on any atom is -0.366 e. The maximum Gasteiger partial charge on any atom is 0.416 e. The lowest BCUT2D eigenvalue weighted by molar-refractivity contribution is -0.137. The van der Waals surface area contributed by atoms with Crippen LogP contribution in [0.3, 0.4) is 0 Å². The molecule has 0 amide bonds. The van der Waals surface area contributed by atoms with Crippen LogP contribution in [0.15, 0.2) is 66.5 Å². The fraction of sp³-hybridized carbons (Fsp3) is 0.222. The molecule has 1 aliphatic heterocycles. The first-order valence-corrected chi connectivity index (χ1v) is 10.8. The van der Waals surface area contributed by atoms with Crippen LogP contribution in [0.4, 0.5) is 24.7 Å². The van der Waals surface area contributed by atoms with Gasteiger partial charge in [-0.05, 0) is 78.4 Å². The first-order chi connectivity index (χ1) is 15.8. The summed E-state index contributed by atoms with van der Waals surface area (Å²) < 4.78 is 38.7. The predicted molar refractivity (Wildman–Crippen MR) is 126 cm³/mol. The molecule has 1 aromatic heterocycles. The number of aryl methyl sites for hydroxylation is 1. The molecule has 2 aromatic carbocycles. The van der Waals surface area contributed by atoms with Crippen molar-refractivity contribution in [3.05, 3.63) is 99.9 Å². The molecule has 0 fully saturated rings. The van der Waals surface area contributed by atoms with Gasteiger partial charge in [-0.3, -0.25) is 0 Å². The van der Waals surface area contributed by atoms with Crippen molar-refractivity contribution in [1.82, 2.24) is 4.98 Å². The Morgan fingerprint density at radius 3 is 2.70 bits per heavy atom. The van der Waals surface area contributed by atoms with Crippen molar-refractivity contribution in [3.8, 4) is 11.8 Å². The van der Waals surface area contributed by atoms with Gasteiger partial charge in [0, 0.05) is 35.8 Å². The molecular weight excluding hydrogens is 423 g/mol. The highest BCUT2D eigenvalue weighted by Crippen LogP contribution is 2.30. The maximum absolute atomic E-state index is 12.9. The number of hydrogen-bond acceptors (Lipinski definition) is 3. The molecule has 3 nitrogen and oxygen atoms in total. The van der Waals surface area contributed by atoms with Gasteiger partial charge in [-0.25, -0.2) is 4.98 Å². The van der Waals surface area contributed by atoms with E-state index in [1.165, 1.54) is 11.1 Å². The second kappa shape index (κ2) is 9.41. The summed E-state index contributed by atoms with van der Waals surface area (Å²) in [5, 5.41) is 6.30. The van der Waals surface area contributed by atoms with Gasteiger partial charge in [0.05, 0.1) is 5.56 Å². The zero-order chi connectivity index (χ0) is 23.4. The second-order valence-electron chi connectivity index (χ2n) is 8.03. The molecule has 0 saturated carbocycles. The molecule has 2 N–H and O–H groups in total. The third-order valence-corrected chi connectivity index (χ3v) is 5.61. The van der Waals surface area contributed by atoms with Crippen LogP contribution in [0.25, 0.3) is 0 Å². The van der Waals surface area contributed by atoms with E-state index in [-0.39, 0.29) is 5.82 Å². The lowest BCUT2D eigenvalue weighted by Crippen LogP contribution is -2.07. The Morgan fingerprint density at radius 2 is 1.91 bits per heavy atom. The molecule has 4 rings (SSSR count). The summed E-state index contributed by atoms with van der Waals surface area (Å²) in [5.74, 6) is 6.69. The number of aromatic nitrogens is 1. The molecule has 0 saturated heterocycles. The molecule has 2 heterocycles. The summed E-state index contributed by atoms with van der Waals surface area (Å²) in [6, 6.07) is 14.0. The summed E-state index contributed by atoms with van der Waals surface area (Å²) in [6.07, 6.45) is 0.777. The molecule has 6 heteroatoms. The number of nitrogens with zero attached hydrogens (tertiary/aromatic N) is 1. The summed E-state index contributed by atoms with van der Waals surface area (Å²) in [4.78, 5) is 3.98. The Hall–Kier alpha value is -3.72. The van der Waals surface area contributed by atoms with E-state index in [0.717, 1.165) is 59.1 Å². The molecule has 0 spiro atoms. The summed E-state index contributed by atoms with van der Waals surface area (Å²) in [5.41, 5.74) is 6.78. The van der Waals surface area contributed by atoms with Gasteiger partial charge in [-0.1, -0.05) is 30.9 Å². The smallest absolute Gasteiger partial charge is 0.366 e. The molecule has 1 aliphatic rings. The van der Waals surface area contributed by atoms with Crippen LogP contribution in [-0.2, 0) is 19.1 Å². The van der Waals surface area contributed by atoms with Gasteiger partial charge in [-0.15, -0.1) is 0 Å². The van der Waals surface area contributed by atoms with Gasteiger partial charge in [0.2, 0.25) is 0 Å². The van der Waals surface area contributed by atoms with Crippen molar-refractivity contribution in [3.63, 3.8) is 0 Å². The van der Waals surface area contributed by atoms with Gasteiger partial charge in [0.25, 0.3) is 0 Å². The maximum atomic E-state index is 12.9. The van der Waals surface area contributed by atoms with Crippen LogP contribution in [-0.4, -0.2) is 4.98 Å². The SMILES string of the molecule is CCC1=CNc2ccc(C#Cc3cc(CNc4cc(C(F)(F)F)ccn4)ccc3C)cc2C1. The quantitative estimate of drug-likeness (QED) is 0.438. The molecule has 33 heavy (non-hydrogen) atoms. The van der Waals surface area contributed by atoms with Crippen LogP contribution in [0.5, 0.6) is 0 Å². The first kappa shape index (κ1) is 22.5. The fourth-order valence-electron chi connectivity index (χ4n) is 3.61. The van der Waals surface area contributed by atoms with E-state index >= 15 is 0 Å². The van der Waals surface area contributed by atoms with Crippen LogP contribution in [0.2, 0.25) is 0 Å². The number of allylic oxidation sites excluding steroid dienone is 1. The van der Waals surface area contributed by atoms with Crippen LogP contribution in [0, 0.1) is 18.8 Å². The number of fused-ring (bicyclic) bond motifs is 1. The Balaban J connectivity index is 1.49. The highest BCUT2D eigenvalue weighted by molar-refractivity contribution is 5.61. The summed E-state index contributed by atoms with van der Waals surface area (Å²) >= 11 is 0. The standard InChI is InChI=1S/C27H24F3N3/c1-3-19-12-23-13-20(7-9-25(23)32-16-19)6-8-22-14-21(5-4-18(22)2)17-33-26-15-24(10-11-31-26)27(28,29)30/h4-5,7,9-11,13-16,32H,3,12,17H2,1-2H3,(H,31,33). The van der Waals surface area contributed by atoms with Crippen molar-refractivity contribution in [2.45, 2.75) is 39.4 Å². The largest absolute Gasteiger partial charge is 0.416 e. The topological polar surface area (TPSA) is 37.0 Å². The highest BCUT2D eigenvalue weighted by atomic mass is 19.4. The Morgan fingerprint density at radius 1 is 1.06 bits per heavy atom. The molecule has 0 bridgehead atoms. The van der Waals surface area contributed by atoms with Gasteiger partial charge < -0.3 is 10.6 Å². The van der Waals surface area contributed by atoms with Crippen molar-refractivity contribution in [2.24, 2.45) is 0 Å². The molecule has 0 aliphatic carbocycles. The molecule has 3 aromatic rings. The number of benzene rings is 2. The van der Waals surface area contributed by atoms with Gasteiger partial charge in [-0.2, -0.15) is 13.2 Å². The number of halogens is 3. The normalized spacial score (nSPS) is 12.7. The Bertz CT molecular complexity index is 1260. The van der Waals surface area contributed by atoms with E-state index in [1.807, 2.05) is 31.2 Å². The van der Waals surface area contributed by atoms with E-state index in [0.29, 0.717) is 6.54 Å². The minimum atomic E-state index is -4.40. The van der Waals surface area contributed by atoms with Crippen molar-refractivity contribution in [1.29, 1.82) is 0 Å². The minimum absolute atomic E-state index is 0.182. The number of nitrogens with one attached hydrogen (secondary N) is 2. The zero-order valence-electron chi connectivity index (χ0n) is 18.5. The Kier molecular flexibility index (Phi) is 6.41. The second-order valence-corrected chi connectivity index (χ2v) is 8.03. The third-order valence-electron chi connectivity index (χ3n) is 5.61. The van der Waals surface area contributed by atoms with Gasteiger partial charge >= 0.3 is 6.18 Å². The van der Waals surface area contributed by atoms with Crippen molar-refractivity contribution < 1.29 is 13.2 Å². The highest BCUT2D eigenvalue weighted by Gasteiger charge is 2.30. The predicted octanol–water partition coefficient (Wildman–Crippen LogP) is 6.68. The van der Waals surface area contributed by atoms with Crippen LogP contribution in [0.1, 0.15) is 46.7 Å². The molecular formula is C27H24F3N3. The Labute approximate surface area is 191 Å². The number of alkyl halides is 3. The lowest BCUT2D eigenvalue weighted by atomic mass is 9.97. The average molecular weight is 448 g/mol. The molecule has 0 atom stereocenters. The van der Waals surface area contributed by atoms with E-state index < -0.39 is 11.7 Å². The lowest BCUT2D eigenvalue weighted by Gasteiger charge is -2.17. The monoisotopic (exact) mass is 447 g/mol. The number of hydrogen-bond donors (Lipinski definition) is 2. The van der Waals surface area contributed by atoms with Crippen molar-refractivity contribution >= 4 is 11.5 Å². The van der Waals surface area contributed by atoms with Gasteiger partial charge in [0.1, 0.15) is 5.82 Å². The number of rotatable bonds is 4. The molecule has 168 valence electrons. The number of pyridine rings is 1. The van der Waals surface area contributed by atoms with E-state index in [9.17, 15) is 13.2 Å². The summed E-state index contributed by atoms with van der Waals surface area (Å²) in [7, 11) is 0.